The first-order valence-electron chi connectivity index (χ1n) is 6.23. The lowest BCUT2D eigenvalue weighted by atomic mass is 10.0. The van der Waals surface area contributed by atoms with Gasteiger partial charge >= 0.3 is 0 Å². The number of nitrogens with zero attached hydrogens (tertiary/aromatic N) is 2. The van der Waals surface area contributed by atoms with E-state index in [1.807, 2.05) is 31.4 Å². The molecule has 0 radical (unpaired) electrons. The predicted molar refractivity (Wildman–Crippen MR) is 74.7 cm³/mol. The number of pyridine rings is 1. The Morgan fingerprint density at radius 2 is 2.11 bits per heavy atom. The number of carbonyl (C=O) groups is 1. The fourth-order valence-electron chi connectivity index (χ4n) is 2.41. The van der Waals surface area contributed by atoms with Crippen LogP contribution in [0, 0.1) is 0 Å². The summed E-state index contributed by atoms with van der Waals surface area (Å²) in [4.78, 5) is 17.6. The van der Waals surface area contributed by atoms with Crippen molar-refractivity contribution in [1.29, 1.82) is 0 Å². The Kier molecular flexibility index (Phi) is 2.80. The number of carbonyl (C=O) groups excluding carboxylic acids is 1. The standard InChI is InChI=1S/C15H15N3O/c1-18-14-3-2-11(5-12(14)6-15(18)19)13-4-10(7-16)8-17-9-13/h2-5,8-9H,6-7,16H2,1H3. The van der Waals surface area contributed by atoms with E-state index in [0.29, 0.717) is 13.0 Å². The Morgan fingerprint density at radius 1 is 1.26 bits per heavy atom. The van der Waals surface area contributed by atoms with Crippen LogP contribution >= 0.6 is 0 Å². The molecule has 0 fully saturated rings. The smallest absolute Gasteiger partial charge is 0.231 e. The van der Waals surface area contributed by atoms with Crippen LogP contribution in [0.5, 0.6) is 0 Å². The molecule has 4 nitrogen and oxygen atoms in total. The number of anilines is 1. The zero-order valence-electron chi connectivity index (χ0n) is 10.8. The number of amides is 1. The number of likely N-dealkylation sites (N-methyl/N-ethyl adjacent to an activating group) is 1. The fourth-order valence-corrected chi connectivity index (χ4v) is 2.41. The summed E-state index contributed by atoms with van der Waals surface area (Å²) in [6.07, 6.45) is 4.07. The number of benzene rings is 1. The molecule has 1 amide bonds. The first-order chi connectivity index (χ1) is 9.19. The predicted octanol–water partition coefficient (Wildman–Crippen LogP) is 1.73. The van der Waals surface area contributed by atoms with Crippen LogP contribution in [0.1, 0.15) is 11.1 Å². The second-order valence-electron chi connectivity index (χ2n) is 4.76. The Labute approximate surface area is 111 Å². The van der Waals surface area contributed by atoms with Crippen molar-refractivity contribution < 1.29 is 4.79 Å². The van der Waals surface area contributed by atoms with Crippen LogP contribution in [0.3, 0.4) is 0 Å². The second-order valence-corrected chi connectivity index (χ2v) is 4.76. The maximum Gasteiger partial charge on any atom is 0.231 e. The van der Waals surface area contributed by atoms with E-state index in [4.69, 9.17) is 5.73 Å². The largest absolute Gasteiger partial charge is 0.326 e. The minimum atomic E-state index is 0.140. The SMILES string of the molecule is CN1C(=O)Cc2cc(-c3cncc(CN)c3)ccc21. The molecule has 0 spiro atoms. The van der Waals surface area contributed by atoms with Gasteiger partial charge in [-0.2, -0.15) is 0 Å². The van der Waals surface area contributed by atoms with Gasteiger partial charge in [0.2, 0.25) is 5.91 Å². The van der Waals surface area contributed by atoms with Gasteiger partial charge < -0.3 is 10.6 Å². The molecule has 19 heavy (non-hydrogen) atoms. The third-order valence-electron chi connectivity index (χ3n) is 3.52. The number of rotatable bonds is 2. The van der Waals surface area contributed by atoms with E-state index in [-0.39, 0.29) is 5.91 Å². The molecule has 0 unspecified atom stereocenters. The molecule has 2 N–H and O–H groups in total. The quantitative estimate of drug-likeness (QED) is 0.886. The number of nitrogens with two attached hydrogens (primary N) is 1. The summed E-state index contributed by atoms with van der Waals surface area (Å²) < 4.78 is 0. The van der Waals surface area contributed by atoms with Gasteiger partial charge in [-0.05, 0) is 34.9 Å². The molecule has 0 saturated heterocycles. The van der Waals surface area contributed by atoms with Crippen molar-refractivity contribution in [3.8, 4) is 11.1 Å². The molecule has 0 bridgehead atoms. The van der Waals surface area contributed by atoms with Crippen molar-refractivity contribution in [2.24, 2.45) is 5.73 Å². The highest BCUT2D eigenvalue weighted by Crippen LogP contribution is 2.31. The maximum absolute atomic E-state index is 11.7. The lowest BCUT2D eigenvalue weighted by molar-refractivity contribution is -0.117. The van der Waals surface area contributed by atoms with E-state index in [9.17, 15) is 4.79 Å². The van der Waals surface area contributed by atoms with Gasteiger partial charge in [-0.3, -0.25) is 9.78 Å². The fraction of sp³-hybridized carbons (Fsp3) is 0.200. The van der Waals surface area contributed by atoms with Crippen LogP contribution in [0.4, 0.5) is 5.69 Å². The van der Waals surface area contributed by atoms with E-state index >= 15 is 0 Å². The summed E-state index contributed by atoms with van der Waals surface area (Å²) in [5.74, 6) is 0.140. The Hall–Kier alpha value is -2.20. The van der Waals surface area contributed by atoms with E-state index in [1.54, 1.807) is 11.1 Å². The first kappa shape index (κ1) is 11.9. The van der Waals surface area contributed by atoms with Gasteiger partial charge in [0, 0.05) is 37.2 Å². The molecule has 2 aromatic rings. The van der Waals surface area contributed by atoms with Crippen LogP contribution in [0.2, 0.25) is 0 Å². The molecule has 1 aromatic heterocycles. The molecule has 2 heterocycles. The van der Waals surface area contributed by atoms with Crippen molar-refractivity contribution in [3.05, 3.63) is 47.8 Å². The molecule has 0 aliphatic carbocycles. The third kappa shape index (κ3) is 2.00. The van der Waals surface area contributed by atoms with Crippen molar-refractivity contribution in [2.75, 3.05) is 11.9 Å². The zero-order valence-corrected chi connectivity index (χ0v) is 10.8. The molecule has 0 saturated carbocycles. The number of fused-ring (bicyclic) bond motifs is 1. The van der Waals surface area contributed by atoms with Gasteiger partial charge in [0.1, 0.15) is 0 Å². The average molecular weight is 253 g/mol. The maximum atomic E-state index is 11.7. The topological polar surface area (TPSA) is 59.2 Å². The molecule has 96 valence electrons. The van der Waals surface area contributed by atoms with Gasteiger partial charge in [-0.25, -0.2) is 0 Å². The number of aromatic nitrogens is 1. The highest BCUT2D eigenvalue weighted by Gasteiger charge is 2.23. The molecule has 0 atom stereocenters. The third-order valence-corrected chi connectivity index (χ3v) is 3.52. The summed E-state index contributed by atoms with van der Waals surface area (Å²) in [6.45, 7) is 0.479. The molecule has 4 heteroatoms. The molecule has 3 rings (SSSR count). The number of hydrogen-bond donors (Lipinski definition) is 1. The summed E-state index contributed by atoms with van der Waals surface area (Å²) in [7, 11) is 1.81. The molecular formula is C15H15N3O. The second kappa shape index (κ2) is 4.48. The van der Waals surface area contributed by atoms with Crippen LogP contribution in [0.25, 0.3) is 11.1 Å². The average Bonchev–Trinajstić information content (AvgIpc) is 2.73. The van der Waals surface area contributed by atoms with E-state index in [0.717, 1.165) is 27.9 Å². The monoisotopic (exact) mass is 253 g/mol. The van der Waals surface area contributed by atoms with Gasteiger partial charge in [0.15, 0.2) is 0 Å². The van der Waals surface area contributed by atoms with Gasteiger partial charge in [-0.1, -0.05) is 6.07 Å². The summed E-state index contributed by atoms with van der Waals surface area (Å²) in [5.41, 5.74) is 10.8. The number of hydrogen-bond acceptors (Lipinski definition) is 3. The highest BCUT2D eigenvalue weighted by molar-refractivity contribution is 6.01. The minimum absolute atomic E-state index is 0.140. The van der Waals surface area contributed by atoms with E-state index < -0.39 is 0 Å². The lowest BCUT2D eigenvalue weighted by Crippen LogP contribution is -2.20. The Bertz CT molecular complexity index is 652. The van der Waals surface area contributed by atoms with Crippen LogP contribution in [-0.2, 0) is 17.8 Å². The summed E-state index contributed by atoms with van der Waals surface area (Å²) >= 11 is 0. The minimum Gasteiger partial charge on any atom is -0.326 e. The Morgan fingerprint density at radius 3 is 2.89 bits per heavy atom. The van der Waals surface area contributed by atoms with Crippen LogP contribution < -0.4 is 10.6 Å². The van der Waals surface area contributed by atoms with Crippen molar-refractivity contribution >= 4 is 11.6 Å². The zero-order chi connectivity index (χ0) is 13.4. The normalized spacial score (nSPS) is 13.8. The van der Waals surface area contributed by atoms with Gasteiger partial charge in [0.05, 0.1) is 6.42 Å². The van der Waals surface area contributed by atoms with Crippen LogP contribution in [0.15, 0.2) is 36.7 Å². The molecule has 1 aliphatic rings. The Balaban J connectivity index is 2.03. The van der Waals surface area contributed by atoms with E-state index in [2.05, 4.69) is 11.1 Å². The van der Waals surface area contributed by atoms with Gasteiger partial charge in [-0.15, -0.1) is 0 Å². The molecule has 1 aliphatic heterocycles. The summed E-state index contributed by atoms with van der Waals surface area (Å²) in [5, 5.41) is 0. The van der Waals surface area contributed by atoms with Crippen molar-refractivity contribution in [2.45, 2.75) is 13.0 Å². The lowest BCUT2D eigenvalue weighted by Gasteiger charge is -2.10. The van der Waals surface area contributed by atoms with E-state index in [1.165, 1.54) is 0 Å². The van der Waals surface area contributed by atoms with Gasteiger partial charge in [0.25, 0.3) is 0 Å². The van der Waals surface area contributed by atoms with Crippen LogP contribution in [-0.4, -0.2) is 17.9 Å². The van der Waals surface area contributed by atoms with Crippen molar-refractivity contribution in [3.63, 3.8) is 0 Å². The van der Waals surface area contributed by atoms with Crippen molar-refractivity contribution in [1.82, 2.24) is 4.98 Å². The first-order valence-corrected chi connectivity index (χ1v) is 6.23. The highest BCUT2D eigenvalue weighted by atomic mass is 16.2. The molecule has 1 aromatic carbocycles. The molecular weight excluding hydrogens is 238 g/mol. The summed E-state index contributed by atoms with van der Waals surface area (Å²) in [6, 6.07) is 8.11.